The van der Waals surface area contributed by atoms with Crippen LogP contribution in [0.5, 0.6) is 0 Å². The average Bonchev–Trinajstić information content (AvgIpc) is 2.21. The van der Waals surface area contributed by atoms with Crippen LogP contribution in [0.15, 0.2) is 28.7 Å². The number of hydrogen-bond acceptors (Lipinski definition) is 2. The maximum Gasteiger partial charge on any atom is 0.138 e. The zero-order chi connectivity index (χ0) is 12.0. The smallest absolute Gasteiger partial charge is 0.138 e. The number of rotatable bonds is 6. The van der Waals surface area contributed by atoms with E-state index >= 15 is 0 Å². The molecule has 0 aliphatic heterocycles. The molecule has 0 saturated heterocycles. The third-order valence-electron chi connectivity index (χ3n) is 2.30. The lowest BCUT2D eigenvalue weighted by Gasteiger charge is -2.07. The van der Waals surface area contributed by atoms with E-state index in [1.165, 1.54) is 0 Å². The lowest BCUT2D eigenvalue weighted by Crippen LogP contribution is -2.25. The molecule has 0 aromatic heterocycles. The Bertz CT molecular complexity index is 350. The molecule has 0 atom stereocenters. The first-order valence-corrected chi connectivity index (χ1v) is 6.37. The number of Topliss-reactive ketones (excluding diaryl/α,β-unsaturated/α-hetero) is 1. The molecule has 0 aliphatic rings. The number of carbonyl (C=O) groups excluding carboxylic acids is 1. The Morgan fingerprint density at radius 2 is 2.06 bits per heavy atom. The fourth-order valence-electron chi connectivity index (χ4n) is 1.44. The van der Waals surface area contributed by atoms with Gasteiger partial charge in [-0.3, -0.25) is 4.79 Å². The van der Waals surface area contributed by atoms with Gasteiger partial charge in [-0.15, -0.1) is 0 Å². The summed E-state index contributed by atoms with van der Waals surface area (Å²) in [5.41, 5.74) is 1.07. The van der Waals surface area contributed by atoms with Gasteiger partial charge in [-0.1, -0.05) is 48.0 Å². The number of hydrogen-bond donors (Lipinski definition) is 1. The van der Waals surface area contributed by atoms with Crippen LogP contribution in [0, 0.1) is 0 Å². The molecule has 1 rings (SSSR count). The van der Waals surface area contributed by atoms with Gasteiger partial charge in [0.1, 0.15) is 5.78 Å². The minimum absolute atomic E-state index is 0.278. The first kappa shape index (κ1) is 13.4. The van der Waals surface area contributed by atoms with E-state index in [1.54, 1.807) is 0 Å². The number of nitrogens with one attached hydrogen (secondary N) is 1. The summed E-state index contributed by atoms with van der Waals surface area (Å²) in [4.78, 5) is 11.7. The second-order valence-corrected chi connectivity index (χ2v) is 5.02. The molecule has 0 bridgehead atoms. The molecular formula is C13H18BrNO. The summed E-state index contributed by atoms with van der Waals surface area (Å²) in [5, 5.41) is 3.24. The van der Waals surface area contributed by atoms with Gasteiger partial charge < -0.3 is 5.32 Å². The normalized spacial score (nSPS) is 10.8. The summed E-state index contributed by atoms with van der Waals surface area (Å²) in [6, 6.07) is 8.31. The fourth-order valence-corrected chi connectivity index (χ4v) is 1.87. The van der Waals surface area contributed by atoms with E-state index in [2.05, 4.69) is 35.1 Å². The molecule has 3 heteroatoms. The van der Waals surface area contributed by atoms with E-state index in [0.29, 0.717) is 18.9 Å². The average molecular weight is 284 g/mol. The largest absolute Gasteiger partial charge is 0.314 e. The van der Waals surface area contributed by atoms with Crippen LogP contribution in [-0.2, 0) is 11.2 Å². The van der Waals surface area contributed by atoms with E-state index < -0.39 is 0 Å². The predicted molar refractivity (Wildman–Crippen MR) is 70.6 cm³/mol. The minimum Gasteiger partial charge on any atom is -0.314 e. The quantitative estimate of drug-likeness (QED) is 0.870. The molecule has 0 saturated carbocycles. The third kappa shape index (κ3) is 4.90. The van der Waals surface area contributed by atoms with Gasteiger partial charge in [0.05, 0.1) is 0 Å². The summed E-state index contributed by atoms with van der Waals surface area (Å²) in [5.74, 6) is 0.278. The third-order valence-corrected chi connectivity index (χ3v) is 3.08. The van der Waals surface area contributed by atoms with Crippen molar-refractivity contribution in [2.45, 2.75) is 32.7 Å². The van der Waals surface area contributed by atoms with Gasteiger partial charge >= 0.3 is 0 Å². The van der Waals surface area contributed by atoms with Crippen molar-refractivity contribution in [2.75, 3.05) is 6.54 Å². The molecule has 0 spiro atoms. The Hall–Kier alpha value is -0.670. The zero-order valence-electron chi connectivity index (χ0n) is 9.79. The molecule has 16 heavy (non-hydrogen) atoms. The SMILES string of the molecule is CC(C)NCCC(=O)Cc1ccccc1Br. The highest BCUT2D eigenvalue weighted by atomic mass is 79.9. The monoisotopic (exact) mass is 283 g/mol. The molecule has 0 unspecified atom stereocenters. The van der Waals surface area contributed by atoms with Gasteiger partial charge in [0.15, 0.2) is 0 Å². The summed E-state index contributed by atoms with van der Waals surface area (Å²) in [7, 11) is 0. The molecule has 0 heterocycles. The van der Waals surface area contributed by atoms with Crippen molar-refractivity contribution in [3.05, 3.63) is 34.3 Å². The van der Waals surface area contributed by atoms with Crippen LogP contribution in [0.3, 0.4) is 0 Å². The molecule has 0 radical (unpaired) electrons. The van der Waals surface area contributed by atoms with Crippen molar-refractivity contribution in [1.29, 1.82) is 0 Å². The molecule has 1 aromatic carbocycles. The van der Waals surface area contributed by atoms with Gasteiger partial charge in [-0.2, -0.15) is 0 Å². The standard InChI is InChI=1S/C13H18BrNO/c1-10(2)15-8-7-12(16)9-11-5-3-4-6-13(11)14/h3-6,10,15H,7-9H2,1-2H3. The molecule has 0 amide bonds. The van der Waals surface area contributed by atoms with Crippen molar-refractivity contribution in [3.63, 3.8) is 0 Å². The highest BCUT2D eigenvalue weighted by molar-refractivity contribution is 9.10. The van der Waals surface area contributed by atoms with Crippen LogP contribution in [0.25, 0.3) is 0 Å². The summed E-state index contributed by atoms with van der Waals surface area (Å²) in [6.07, 6.45) is 1.11. The highest BCUT2D eigenvalue weighted by Gasteiger charge is 2.06. The molecule has 88 valence electrons. The number of benzene rings is 1. The van der Waals surface area contributed by atoms with Crippen LogP contribution in [0.2, 0.25) is 0 Å². The Morgan fingerprint density at radius 3 is 2.69 bits per heavy atom. The molecule has 0 fully saturated rings. The van der Waals surface area contributed by atoms with Gasteiger partial charge in [-0.25, -0.2) is 0 Å². The second-order valence-electron chi connectivity index (χ2n) is 4.17. The van der Waals surface area contributed by atoms with Crippen LogP contribution >= 0.6 is 15.9 Å². The molecule has 0 aliphatic carbocycles. The van der Waals surface area contributed by atoms with E-state index in [4.69, 9.17) is 0 Å². The fraction of sp³-hybridized carbons (Fsp3) is 0.462. The first-order valence-electron chi connectivity index (χ1n) is 5.58. The van der Waals surface area contributed by atoms with Crippen LogP contribution in [0.4, 0.5) is 0 Å². The maximum absolute atomic E-state index is 11.7. The van der Waals surface area contributed by atoms with Crippen molar-refractivity contribution in [1.82, 2.24) is 5.32 Å². The first-order chi connectivity index (χ1) is 7.59. The number of halogens is 1. The van der Waals surface area contributed by atoms with Crippen molar-refractivity contribution in [2.24, 2.45) is 0 Å². The molecule has 1 N–H and O–H groups in total. The van der Waals surface area contributed by atoms with Crippen LogP contribution < -0.4 is 5.32 Å². The van der Waals surface area contributed by atoms with E-state index in [1.807, 2.05) is 24.3 Å². The Morgan fingerprint density at radius 1 is 1.38 bits per heavy atom. The topological polar surface area (TPSA) is 29.1 Å². The Labute approximate surface area is 106 Å². The number of carbonyl (C=O) groups is 1. The lowest BCUT2D eigenvalue weighted by molar-refractivity contribution is -0.118. The van der Waals surface area contributed by atoms with Gasteiger partial charge in [0.25, 0.3) is 0 Å². The van der Waals surface area contributed by atoms with E-state index in [0.717, 1.165) is 16.6 Å². The van der Waals surface area contributed by atoms with Crippen LogP contribution in [0.1, 0.15) is 25.8 Å². The van der Waals surface area contributed by atoms with Gasteiger partial charge in [0, 0.05) is 29.9 Å². The van der Waals surface area contributed by atoms with Gasteiger partial charge in [0.2, 0.25) is 0 Å². The van der Waals surface area contributed by atoms with Crippen molar-refractivity contribution >= 4 is 21.7 Å². The second kappa shape index (κ2) is 6.81. The predicted octanol–water partition coefficient (Wildman–Crippen LogP) is 2.95. The van der Waals surface area contributed by atoms with Crippen molar-refractivity contribution < 1.29 is 4.79 Å². The van der Waals surface area contributed by atoms with Crippen molar-refractivity contribution in [3.8, 4) is 0 Å². The highest BCUT2D eigenvalue weighted by Crippen LogP contribution is 2.16. The summed E-state index contributed by atoms with van der Waals surface area (Å²) in [6.45, 7) is 4.93. The molecule has 1 aromatic rings. The van der Waals surface area contributed by atoms with Gasteiger partial charge in [-0.05, 0) is 11.6 Å². The summed E-state index contributed by atoms with van der Waals surface area (Å²) < 4.78 is 1.01. The molecule has 2 nitrogen and oxygen atoms in total. The zero-order valence-corrected chi connectivity index (χ0v) is 11.4. The number of ketones is 1. The van der Waals surface area contributed by atoms with E-state index in [9.17, 15) is 4.79 Å². The minimum atomic E-state index is 0.278. The lowest BCUT2D eigenvalue weighted by atomic mass is 10.1. The van der Waals surface area contributed by atoms with Crippen LogP contribution in [-0.4, -0.2) is 18.4 Å². The Balaban J connectivity index is 2.37. The maximum atomic E-state index is 11.7. The van der Waals surface area contributed by atoms with E-state index in [-0.39, 0.29) is 5.78 Å². The molecular weight excluding hydrogens is 266 g/mol. The summed E-state index contributed by atoms with van der Waals surface area (Å²) >= 11 is 3.45. The Kier molecular flexibility index (Phi) is 5.71.